The molecule has 0 saturated heterocycles. The molecule has 0 spiro atoms. The number of ether oxygens (including phenoxy) is 1. The van der Waals surface area contributed by atoms with Gasteiger partial charge in [-0.1, -0.05) is 6.07 Å². The lowest BCUT2D eigenvalue weighted by atomic mass is 10.1. The number of carbonyl (C=O) groups excluding carboxylic acids is 1. The van der Waals surface area contributed by atoms with Crippen LogP contribution in [0.5, 0.6) is 11.5 Å². The minimum absolute atomic E-state index is 0.141. The summed E-state index contributed by atoms with van der Waals surface area (Å²) in [6.07, 6.45) is 0. The van der Waals surface area contributed by atoms with Gasteiger partial charge in [0.2, 0.25) is 0 Å². The molecule has 110 valence electrons. The van der Waals surface area contributed by atoms with Crippen LogP contribution in [0.2, 0.25) is 0 Å². The maximum Gasteiger partial charge on any atom is 0.337 e. The number of hydrogen-bond donors (Lipinski definition) is 3. The molecule has 2 aromatic rings. The van der Waals surface area contributed by atoms with Crippen LogP contribution in [0.25, 0.3) is 0 Å². The summed E-state index contributed by atoms with van der Waals surface area (Å²) in [6, 6.07) is 9.92. The average molecular weight is 287 g/mol. The van der Waals surface area contributed by atoms with Gasteiger partial charge in [-0.05, 0) is 48.4 Å². The van der Waals surface area contributed by atoms with E-state index < -0.39 is 0 Å². The predicted molar refractivity (Wildman–Crippen MR) is 79.6 cm³/mol. The zero-order valence-electron chi connectivity index (χ0n) is 11.9. The smallest absolute Gasteiger partial charge is 0.337 e. The maximum absolute atomic E-state index is 11.4. The van der Waals surface area contributed by atoms with Crippen molar-refractivity contribution in [1.82, 2.24) is 0 Å². The number of aromatic hydroxyl groups is 2. The molecule has 2 aromatic carbocycles. The third-order valence-corrected chi connectivity index (χ3v) is 3.17. The van der Waals surface area contributed by atoms with Gasteiger partial charge < -0.3 is 20.3 Å². The van der Waals surface area contributed by atoms with Gasteiger partial charge in [0.25, 0.3) is 0 Å². The summed E-state index contributed by atoms with van der Waals surface area (Å²) in [7, 11) is 1.35. The minimum Gasteiger partial charge on any atom is -0.504 e. The summed E-state index contributed by atoms with van der Waals surface area (Å²) in [4.78, 5) is 11.4. The highest BCUT2D eigenvalue weighted by atomic mass is 16.5. The van der Waals surface area contributed by atoms with Crippen LogP contribution < -0.4 is 5.32 Å². The van der Waals surface area contributed by atoms with Gasteiger partial charge in [0.15, 0.2) is 11.5 Å². The molecule has 0 bridgehead atoms. The number of phenolic OH excluding ortho intramolecular Hbond substituents is 2. The molecule has 0 amide bonds. The SMILES string of the molecule is COC(=O)c1ccc(NCc2ccc(O)c(O)c2)c(C)c1. The minimum atomic E-state index is -0.367. The zero-order valence-corrected chi connectivity index (χ0v) is 11.9. The van der Waals surface area contributed by atoms with Crippen LogP contribution in [0.3, 0.4) is 0 Å². The molecule has 0 unspecified atom stereocenters. The first kappa shape index (κ1) is 14.7. The number of carbonyl (C=O) groups is 1. The van der Waals surface area contributed by atoms with Crippen molar-refractivity contribution >= 4 is 11.7 Å². The van der Waals surface area contributed by atoms with Crippen LogP contribution in [0.1, 0.15) is 21.5 Å². The molecule has 0 aliphatic carbocycles. The molecule has 0 fully saturated rings. The highest BCUT2D eigenvalue weighted by Gasteiger charge is 2.07. The van der Waals surface area contributed by atoms with E-state index in [2.05, 4.69) is 10.1 Å². The Morgan fingerprint density at radius 3 is 2.52 bits per heavy atom. The van der Waals surface area contributed by atoms with Gasteiger partial charge in [-0.15, -0.1) is 0 Å². The lowest BCUT2D eigenvalue weighted by molar-refractivity contribution is 0.0600. The topological polar surface area (TPSA) is 78.8 Å². The number of hydrogen-bond acceptors (Lipinski definition) is 5. The fourth-order valence-corrected chi connectivity index (χ4v) is 1.98. The van der Waals surface area contributed by atoms with Crippen LogP contribution in [0.4, 0.5) is 5.69 Å². The molecule has 0 atom stereocenters. The average Bonchev–Trinajstić information content (AvgIpc) is 2.48. The molecule has 0 aromatic heterocycles. The zero-order chi connectivity index (χ0) is 15.4. The van der Waals surface area contributed by atoms with Gasteiger partial charge in [0, 0.05) is 12.2 Å². The van der Waals surface area contributed by atoms with Crippen molar-refractivity contribution in [2.45, 2.75) is 13.5 Å². The maximum atomic E-state index is 11.4. The fourth-order valence-electron chi connectivity index (χ4n) is 1.98. The van der Waals surface area contributed by atoms with Gasteiger partial charge >= 0.3 is 5.97 Å². The highest BCUT2D eigenvalue weighted by Crippen LogP contribution is 2.25. The van der Waals surface area contributed by atoms with E-state index in [0.29, 0.717) is 12.1 Å². The number of phenols is 2. The molecular weight excluding hydrogens is 270 g/mol. The largest absolute Gasteiger partial charge is 0.504 e. The molecule has 0 radical (unpaired) electrons. The third kappa shape index (κ3) is 3.45. The van der Waals surface area contributed by atoms with E-state index in [9.17, 15) is 15.0 Å². The molecule has 0 saturated carbocycles. The molecule has 0 heterocycles. The normalized spacial score (nSPS) is 10.2. The van der Waals surface area contributed by atoms with E-state index in [1.165, 1.54) is 19.2 Å². The Labute approximate surface area is 122 Å². The van der Waals surface area contributed by atoms with E-state index in [1.54, 1.807) is 18.2 Å². The second-order valence-corrected chi connectivity index (χ2v) is 4.70. The first-order valence-corrected chi connectivity index (χ1v) is 6.45. The van der Waals surface area contributed by atoms with E-state index in [0.717, 1.165) is 16.8 Å². The summed E-state index contributed by atoms with van der Waals surface area (Å²) in [5.41, 5.74) is 3.14. The van der Waals surface area contributed by atoms with E-state index in [1.807, 2.05) is 13.0 Å². The lowest BCUT2D eigenvalue weighted by Gasteiger charge is -2.11. The monoisotopic (exact) mass is 287 g/mol. The first-order valence-electron chi connectivity index (χ1n) is 6.45. The number of nitrogens with one attached hydrogen (secondary N) is 1. The van der Waals surface area contributed by atoms with Crippen molar-refractivity contribution in [3.8, 4) is 11.5 Å². The molecule has 5 nitrogen and oxygen atoms in total. The molecule has 2 rings (SSSR count). The van der Waals surface area contributed by atoms with E-state index >= 15 is 0 Å². The lowest BCUT2D eigenvalue weighted by Crippen LogP contribution is -2.04. The van der Waals surface area contributed by atoms with E-state index in [-0.39, 0.29) is 17.5 Å². The quantitative estimate of drug-likeness (QED) is 0.595. The fraction of sp³-hybridized carbons (Fsp3) is 0.188. The Morgan fingerprint density at radius 2 is 1.90 bits per heavy atom. The summed E-state index contributed by atoms with van der Waals surface area (Å²) in [5.74, 6) is -0.655. The Kier molecular flexibility index (Phi) is 4.33. The molecule has 5 heteroatoms. The molecule has 21 heavy (non-hydrogen) atoms. The molecule has 0 aliphatic heterocycles. The van der Waals surface area contributed by atoms with Gasteiger partial charge in [0.05, 0.1) is 12.7 Å². The summed E-state index contributed by atoms with van der Waals surface area (Å²) in [5, 5.41) is 21.9. The van der Waals surface area contributed by atoms with Crippen molar-refractivity contribution in [2.24, 2.45) is 0 Å². The summed E-state index contributed by atoms with van der Waals surface area (Å²) < 4.78 is 4.67. The van der Waals surface area contributed by atoms with Crippen LogP contribution in [-0.4, -0.2) is 23.3 Å². The van der Waals surface area contributed by atoms with Crippen molar-refractivity contribution < 1.29 is 19.7 Å². The van der Waals surface area contributed by atoms with E-state index in [4.69, 9.17) is 0 Å². The standard InChI is InChI=1S/C16H17NO4/c1-10-7-12(16(20)21-2)4-5-13(10)17-9-11-3-6-14(18)15(19)8-11/h3-8,17-19H,9H2,1-2H3. The molecule has 3 N–H and O–H groups in total. The van der Waals surface area contributed by atoms with Gasteiger partial charge in [-0.25, -0.2) is 4.79 Å². The number of aryl methyl sites for hydroxylation is 1. The van der Waals surface area contributed by atoms with Gasteiger partial charge in [-0.3, -0.25) is 0 Å². The van der Waals surface area contributed by atoms with Crippen molar-refractivity contribution in [3.05, 3.63) is 53.1 Å². The van der Waals surface area contributed by atoms with Gasteiger partial charge in [0.1, 0.15) is 0 Å². The molecule has 0 aliphatic rings. The second kappa shape index (κ2) is 6.17. The second-order valence-electron chi connectivity index (χ2n) is 4.70. The van der Waals surface area contributed by atoms with Crippen LogP contribution in [0, 0.1) is 6.92 Å². The Balaban J connectivity index is 2.09. The molecular formula is C16H17NO4. The Bertz CT molecular complexity index is 667. The number of esters is 1. The summed E-state index contributed by atoms with van der Waals surface area (Å²) >= 11 is 0. The number of methoxy groups -OCH3 is 1. The van der Waals surface area contributed by atoms with Crippen LogP contribution >= 0.6 is 0 Å². The van der Waals surface area contributed by atoms with Crippen molar-refractivity contribution in [2.75, 3.05) is 12.4 Å². The number of benzene rings is 2. The summed E-state index contributed by atoms with van der Waals surface area (Å²) in [6.45, 7) is 2.38. The van der Waals surface area contributed by atoms with Crippen LogP contribution in [-0.2, 0) is 11.3 Å². The first-order chi connectivity index (χ1) is 10.0. The van der Waals surface area contributed by atoms with Gasteiger partial charge in [-0.2, -0.15) is 0 Å². The Morgan fingerprint density at radius 1 is 1.14 bits per heavy atom. The Hall–Kier alpha value is -2.69. The van der Waals surface area contributed by atoms with Crippen LogP contribution in [0.15, 0.2) is 36.4 Å². The number of anilines is 1. The number of rotatable bonds is 4. The highest BCUT2D eigenvalue weighted by molar-refractivity contribution is 5.90. The van der Waals surface area contributed by atoms with Crippen molar-refractivity contribution in [1.29, 1.82) is 0 Å². The van der Waals surface area contributed by atoms with Crippen molar-refractivity contribution in [3.63, 3.8) is 0 Å². The predicted octanol–water partition coefficient (Wildman–Crippen LogP) is 2.80. The third-order valence-electron chi connectivity index (χ3n) is 3.17.